The lowest BCUT2D eigenvalue weighted by Crippen LogP contribution is -2.54. The second kappa shape index (κ2) is 16.6. The van der Waals surface area contributed by atoms with E-state index in [1.54, 1.807) is 36.4 Å². The van der Waals surface area contributed by atoms with Gasteiger partial charge in [-0.3, -0.25) is 13.9 Å². The molecule has 0 heterocycles. The molecule has 48 heavy (non-hydrogen) atoms. The molecule has 1 aliphatic carbocycles. The zero-order valence-electron chi connectivity index (χ0n) is 26.7. The largest absolute Gasteiger partial charge is 0.494 e. The lowest BCUT2D eigenvalue weighted by molar-refractivity contribution is -0.140. The number of rotatable bonds is 14. The Labute approximate surface area is 299 Å². The number of hydrogen-bond acceptors (Lipinski definition) is 5. The third-order valence-corrected chi connectivity index (χ3v) is 11.1. The van der Waals surface area contributed by atoms with Crippen LogP contribution in [0.5, 0.6) is 5.75 Å². The van der Waals surface area contributed by atoms with E-state index < -0.39 is 28.5 Å². The SMILES string of the molecule is CCOc1ccc(N(CC(=O)N(Cc2cccc(Br)c2)[C@H](Cc2ccccc2)C(=O)NC2CCCC2)S(=O)(=O)c2ccc(Br)cc2)cc1. The van der Waals surface area contributed by atoms with E-state index in [4.69, 9.17) is 4.74 Å². The molecule has 0 bridgehead atoms. The molecule has 1 N–H and O–H groups in total. The number of nitrogens with one attached hydrogen (secondary N) is 1. The highest BCUT2D eigenvalue weighted by Crippen LogP contribution is 2.28. The molecule has 0 spiro atoms. The van der Waals surface area contributed by atoms with Crippen molar-refractivity contribution in [1.82, 2.24) is 10.2 Å². The molecular formula is C37H39Br2N3O5S. The van der Waals surface area contributed by atoms with Crippen molar-refractivity contribution in [2.45, 2.75) is 62.6 Å². The molecule has 0 radical (unpaired) electrons. The summed E-state index contributed by atoms with van der Waals surface area (Å²) in [4.78, 5) is 30.4. The molecule has 0 aliphatic heterocycles. The van der Waals surface area contributed by atoms with Crippen LogP contribution in [-0.4, -0.2) is 50.4 Å². The fourth-order valence-corrected chi connectivity index (χ4v) is 8.02. The van der Waals surface area contributed by atoms with E-state index in [2.05, 4.69) is 37.2 Å². The Kier molecular flexibility index (Phi) is 12.3. The number of nitrogens with zero attached hydrogens (tertiary/aromatic N) is 2. The van der Waals surface area contributed by atoms with Crippen molar-refractivity contribution in [1.29, 1.82) is 0 Å². The van der Waals surface area contributed by atoms with Crippen LogP contribution < -0.4 is 14.4 Å². The van der Waals surface area contributed by atoms with Crippen molar-refractivity contribution in [3.63, 3.8) is 0 Å². The van der Waals surface area contributed by atoms with Gasteiger partial charge in [-0.15, -0.1) is 0 Å². The molecule has 0 unspecified atom stereocenters. The Morgan fingerprint density at radius 3 is 2.17 bits per heavy atom. The Bertz CT molecular complexity index is 1780. The van der Waals surface area contributed by atoms with Crippen molar-refractivity contribution in [2.75, 3.05) is 17.5 Å². The summed E-state index contributed by atoms with van der Waals surface area (Å²) in [6.07, 6.45) is 4.13. The van der Waals surface area contributed by atoms with Crippen LogP contribution in [0.4, 0.5) is 5.69 Å². The summed E-state index contributed by atoms with van der Waals surface area (Å²) < 4.78 is 36.8. The van der Waals surface area contributed by atoms with Gasteiger partial charge in [0.1, 0.15) is 18.3 Å². The van der Waals surface area contributed by atoms with Gasteiger partial charge in [0.15, 0.2) is 0 Å². The number of carbonyl (C=O) groups excluding carboxylic acids is 2. The summed E-state index contributed by atoms with van der Waals surface area (Å²) in [5, 5.41) is 3.20. The van der Waals surface area contributed by atoms with Gasteiger partial charge in [0.2, 0.25) is 11.8 Å². The molecule has 2 amide bonds. The highest BCUT2D eigenvalue weighted by atomic mass is 79.9. The molecule has 8 nitrogen and oxygen atoms in total. The average molecular weight is 798 g/mol. The number of anilines is 1. The van der Waals surface area contributed by atoms with Gasteiger partial charge in [-0.1, -0.05) is 87.2 Å². The molecule has 11 heteroatoms. The van der Waals surface area contributed by atoms with Crippen LogP contribution in [0.2, 0.25) is 0 Å². The van der Waals surface area contributed by atoms with Crippen molar-refractivity contribution in [3.05, 3.63) is 123 Å². The van der Waals surface area contributed by atoms with Crippen LogP contribution in [0.1, 0.15) is 43.7 Å². The van der Waals surface area contributed by atoms with Crippen LogP contribution in [0.15, 0.2) is 117 Å². The second-order valence-corrected chi connectivity index (χ2v) is 15.4. The Hall–Kier alpha value is -3.67. The average Bonchev–Trinajstić information content (AvgIpc) is 3.59. The molecule has 0 saturated heterocycles. The predicted molar refractivity (Wildman–Crippen MR) is 195 cm³/mol. The number of ether oxygens (including phenoxy) is 1. The van der Waals surface area contributed by atoms with Crippen LogP contribution >= 0.6 is 31.9 Å². The highest BCUT2D eigenvalue weighted by Gasteiger charge is 2.35. The molecule has 4 aromatic rings. The number of carbonyl (C=O) groups is 2. The van der Waals surface area contributed by atoms with Crippen LogP contribution in [0.3, 0.4) is 0 Å². The van der Waals surface area contributed by atoms with Crippen molar-refractivity contribution < 1.29 is 22.7 Å². The molecule has 1 fully saturated rings. The standard InChI is InChI=1S/C37H39Br2N3O5S/c1-2-47-33-19-17-32(18-20-33)42(48(45,46)34-21-15-29(38)16-22-34)26-36(43)41(25-28-11-8-12-30(39)23-28)35(24-27-9-4-3-5-10-27)37(44)40-31-13-6-7-14-31/h3-5,8-12,15-23,31,35H,2,6-7,13-14,24-26H2,1H3,(H,40,44)/t35-/m1/s1. The van der Waals surface area contributed by atoms with Crippen molar-refractivity contribution >= 4 is 59.4 Å². The first-order chi connectivity index (χ1) is 23.1. The zero-order valence-corrected chi connectivity index (χ0v) is 30.7. The maximum Gasteiger partial charge on any atom is 0.264 e. The monoisotopic (exact) mass is 795 g/mol. The molecule has 0 aromatic heterocycles. The van der Waals surface area contributed by atoms with E-state index in [0.29, 0.717) is 18.0 Å². The summed E-state index contributed by atoms with van der Waals surface area (Å²) in [5.41, 5.74) is 1.99. The summed E-state index contributed by atoms with van der Waals surface area (Å²) >= 11 is 6.90. The summed E-state index contributed by atoms with van der Waals surface area (Å²) in [5.74, 6) is -0.180. The summed E-state index contributed by atoms with van der Waals surface area (Å²) in [7, 11) is -4.21. The predicted octanol–water partition coefficient (Wildman–Crippen LogP) is 7.50. The lowest BCUT2D eigenvalue weighted by Gasteiger charge is -2.34. The van der Waals surface area contributed by atoms with E-state index in [-0.39, 0.29) is 29.8 Å². The van der Waals surface area contributed by atoms with Crippen molar-refractivity contribution in [3.8, 4) is 5.75 Å². The Morgan fingerprint density at radius 1 is 0.854 bits per heavy atom. The van der Waals surface area contributed by atoms with Gasteiger partial charge in [0.25, 0.3) is 10.0 Å². The molecule has 4 aromatic carbocycles. The van der Waals surface area contributed by atoms with E-state index in [1.165, 1.54) is 17.0 Å². The van der Waals surface area contributed by atoms with Gasteiger partial charge in [-0.2, -0.15) is 0 Å². The molecule has 1 atom stereocenters. The maximum atomic E-state index is 14.7. The van der Waals surface area contributed by atoms with Crippen molar-refractivity contribution in [2.24, 2.45) is 0 Å². The fourth-order valence-electron chi connectivity index (χ4n) is 5.89. The van der Waals surface area contributed by atoms with Crippen LogP contribution in [0, 0.1) is 0 Å². The number of benzene rings is 4. The first-order valence-corrected chi connectivity index (χ1v) is 19.1. The quantitative estimate of drug-likeness (QED) is 0.143. The number of hydrogen-bond donors (Lipinski definition) is 1. The van der Waals surface area contributed by atoms with Gasteiger partial charge >= 0.3 is 0 Å². The number of amides is 2. The van der Waals surface area contributed by atoms with Gasteiger partial charge in [-0.05, 0) is 91.6 Å². The molecule has 5 rings (SSSR count). The van der Waals surface area contributed by atoms with E-state index in [0.717, 1.165) is 50.1 Å². The van der Waals surface area contributed by atoms with Gasteiger partial charge < -0.3 is 15.0 Å². The van der Waals surface area contributed by atoms with Crippen LogP contribution in [0.25, 0.3) is 0 Å². The minimum atomic E-state index is -4.21. The smallest absolute Gasteiger partial charge is 0.264 e. The van der Waals surface area contributed by atoms with E-state index >= 15 is 0 Å². The molecule has 1 saturated carbocycles. The maximum absolute atomic E-state index is 14.7. The van der Waals surface area contributed by atoms with E-state index in [9.17, 15) is 18.0 Å². The van der Waals surface area contributed by atoms with Gasteiger partial charge in [0, 0.05) is 28.0 Å². The van der Waals surface area contributed by atoms with Gasteiger partial charge in [0.05, 0.1) is 17.2 Å². The molecular weight excluding hydrogens is 758 g/mol. The third kappa shape index (κ3) is 9.27. The second-order valence-electron chi connectivity index (χ2n) is 11.7. The molecule has 1 aliphatic rings. The normalized spacial score (nSPS) is 13.9. The third-order valence-electron chi connectivity index (χ3n) is 8.33. The molecule has 252 valence electrons. The highest BCUT2D eigenvalue weighted by molar-refractivity contribution is 9.10. The first kappa shape index (κ1) is 35.6. The summed E-state index contributed by atoms with van der Waals surface area (Å²) in [6, 6.07) is 29.2. The van der Waals surface area contributed by atoms with Gasteiger partial charge in [-0.25, -0.2) is 8.42 Å². The minimum absolute atomic E-state index is 0.0331. The number of halogens is 2. The Morgan fingerprint density at radius 2 is 1.52 bits per heavy atom. The number of sulfonamides is 1. The Balaban J connectivity index is 1.56. The first-order valence-electron chi connectivity index (χ1n) is 16.0. The minimum Gasteiger partial charge on any atom is -0.494 e. The zero-order chi connectivity index (χ0) is 34.1. The fraction of sp³-hybridized carbons (Fsp3) is 0.297. The summed E-state index contributed by atoms with van der Waals surface area (Å²) in [6.45, 7) is 1.90. The topological polar surface area (TPSA) is 96.0 Å². The van der Waals surface area contributed by atoms with E-state index in [1.807, 2.05) is 61.5 Å². The van der Waals surface area contributed by atoms with Crippen LogP contribution in [-0.2, 0) is 32.6 Å². The lowest BCUT2D eigenvalue weighted by atomic mass is 10.0.